The molecule has 27 heavy (non-hydrogen) atoms. The molecule has 2 heterocycles. The molecular weight excluding hydrogens is 380 g/mol. The molecule has 5 nitrogen and oxygen atoms in total. The largest absolute Gasteiger partial charge is 0.464 e. The Balaban J connectivity index is 1.68. The van der Waals surface area contributed by atoms with Crippen molar-refractivity contribution >= 4 is 34.6 Å². The third kappa shape index (κ3) is 5.34. The molecule has 142 valence electrons. The molecule has 7 heteroatoms. The molecule has 1 N–H and O–H groups in total. The lowest BCUT2D eigenvalue weighted by Crippen LogP contribution is -2.35. The quantitative estimate of drug-likeness (QED) is 0.561. The standard InChI is InChI=1S/C20H23ClN4OS/c1-15-7-8-17(26-15)13-25(11-4-10-24-12-9-22-14-24)20(27)23-19-6-3-5-18(21)16(19)2/h3,5-9,12,14H,4,10-11,13H2,1-2H3,(H,23,27). The number of aromatic nitrogens is 2. The monoisotopic (exact) mass is 402 g/mol. The normalized spacial score (nSPS) is 10.8. The van der Waals surface area contributed by atoms with Crippen LogP contribution in [-0.2, 0) is 13.1 Å². The van der Waals surface area contributed by atoms with E-state index >= 15 is 0 Å². The number of thiocarbonyl (C=S) groups is 1. The van der Waals surface area contributed by atoms with E-state index in [9.17, 15) is 0 Å². The van der Waals surface area contributed by atoms with E-state index in [2.05, 4.69) is 19.8 Å². The number of rotatable bonds is 7. The van der Waals surface area contributed by atoms with Crippen molar-refractivity contribution in [1.29, 1.82) is 0 Å². The Morgan fingerprint density at radius 1 is 1.30 bits per heavy atom. The topological polar surface area (TPSA) is 46.2 Å². The number of anilines is 1. The van der Waals surface area contributed by atoms with E-state index < -0.39 is 0 Å². The van der Waals surface area contributed by atoms with Gasteiger partial charge in [-0.3, -0.25) is 0 Å². The van der Waals surface area contributed by atoms with Crippen molar-refractivity contribution in [1.82, 2.24) is 14.5 Å². The number of hydrogen-bond donors (Lipinski definition) is 1. The highest BCUT2D eigenvalue weighted by atomic mass is 35.5. The van der Waals surface area contributed by atoms with Crippen LogP contribution in [0.4, 0.5) is 5.69 Å². The van der Waals surface area contributed by atoms with Crippen LogP contribution in [0.1, 0.15) is 23.5 Å². The Bertz CT molecular complexity index is 891. The fraction of sp³-hybridized carbons (Fsp3) is 0.300. The molecule has 3 aromatic rings. The van der Waals surface area contributed by atoms with E-state index in [-0.39, 0.29) is 0 Å². The Hall–Kier alpha value is -2.31. The van der Waals surface area contributed by atoms with Gasteiger partial charge in [0.05, 0.1) is 12.9 Å². The summed E-state index contributed by atoms with van der Waals surface area (Å²) < 4.78 is 7.81. The van der Waals surface area contributed by atoms with E-state index in [1.165, 1.54) is 0 Å². The van der Waals surface area contributed by atoms with Gasteiger partial charge >= 0.3 is 0 Å². The van der Waals surface area contributed by atoms with Gasteiger partial charge in [-0.05, 0) is 62.3 Å². The summed E-state index contributed by atoms with van der Waals surface area (Å²) in [6.45, 7) is 6.21. The van der Waals surface area contributed by atoms with E-state index in [0.29, 0.717) is 11.7 Å². The van der Waals surface area contributed by atoms with Crippen molar-refractivity contribution in [2.45, 2.75) is 33.4 Å². The summed E-state index contributed by atoms with van der Waals surface area (Å²) in [6, 6.07) is 9.73. The highest BCUT2D eigenvalue weighted by Crippen LogP contribution is 2.23. The maximum atomic E-state index is 6.23. The van der Waals surface area contributed by atoms with E-state index in [1.54, 1.807) is 6.20 Å². The van der Waals surface area contributed by atoms with Crippen molar-refractivity contribution in [3.05, 3.63) is 71.2 Å². The highest BCUT2D eigenvalue weighted by molar-refractivity contribution is 7.80. The van der Waals surface area contributed by atoms with Crippen molar-refractivity contribution in [3.63, 3.8) is 0 Å². The molecule has 0 unspecified atom stereocenters. The highest BCUT2D eigenvalue weighted by Gasteiger charge is 2.14. The summed E-state index contributed by atoms with van der Waals surface area (Å²) >= 11 is 11.9. The van der Waals surface area contributed by atoms with Crippen LogP contribution in [0, 0.1) is 13.8 Å². The molecule has 0 bridgehead atoms. The Morgan fingerprint density at radius 3 is 2.85 bits per heavy atom. The van der Waals surface area contributed by atoms with E-state index in [1.807, 2.05) is 56.7 Å². The van der Waals surface area contributed by atoms with Gasteiger partial charge in [-0.2, -0.15) is 0 Å². The van der Waals surface area contributed by atoms with Gasteiger partial charge in [0.1, 0.15) is 11.5 Å². The average Bonchev–Trinajstić information content (AvgIpc) is 3.30. The SMILES string of the molecule is Cc1ccc(CN(CCCn2ccnc2)C(=S)Nc2cccc(Cl)c2C)o1. The number of benzene rings is 1. The molecule has 3 rings (SSSR count). The first kappa shape index (κ1) is 19.5. The van der Waals surface area contributed by atoms with Crippen LogP contribution in [0.5, 0.6) is 0 Å². The maximum Gasteiger partial charge on any atom is 0.173 e. The number of halogens is 1. The third-order valence-corrected chi connectivity index (χ3v) is 5.11. The lowest BCUT2D eigenvalue weighted by atomic mass is 10.2. The molecule has 2 aromatic heterocycles. The Morgan fingerprint density at radius 2 is 2.15 bits per heavy atom. The van der Waals surface area contributed by atoms with Crippen molar-refractivity contribution in [2.75, 3.05) is 11.9 Å². The molecule has 0 amide bonds. The van der Waals surface area contributed by atoms with Gasteiger partial charge in [0.25, 0.3) is 0 Å². The van der Waals surface area contributed by atoms with Gasteiger partial charge < -0.3 is 19.2 Å². The third-order valence-electron chi connectivity index (χ3n) is 4.34. The molecule has 0 atom stereocenters. The summed E-state index contributed by atoms with van der Waals surface area (Å²) in [5.74, 6) is 1.79. The summed E-state index contributed by atoms with van der Waals surface area (Å²) in [5, 5.41) is 4.71. The zero-order valence-electron chi connectivity index (χ0n) is 15.5. The second-order valence-electron chi connectivity index (χ2n) is 6.43. The first-order valence-electron chi connectivity index (χ1n) is 8.85. The number of furan rings is 1. The fourth-order valence-electron chi connectivity index (χ4n) is 2.81. The first-order valence-corrected chi connectivity index (χ1v) is 9.63. The van der Waals surface area contributed by atoms with Crippen LogP contribution in [0.3, 0.4) is 0 Å². The molecule has 0 spiro atoms. The number of nitrogens with zero attached hydrogens (tertiary/aromatic N) is 3. The zero-order valence-corrected chi connectivity index (χ0v) is 17.1. The molecule has 0 aliphatic carbocycles. The van der Waals surface area contributed by atoms with Gasteiger partial charge in [-0.15, -0.1) is 0 Å². The second-order valence-corrected chi connectivity index (χ2v) is 7.22. The molecule has 0 saturated carbocycles. The van der Waals surface area contributed by atoms with E-state index in [4.69, 9.17) is 28.2 Å². The number of imidazole rings is 1. The zero-order chi connectivity index (χ0) is 19.2. The van der Waals surface area contributed by atoms with Gasteiger partial charge in [0, 0.05) is 36.2 Å². The van der Waals surface area contributed by atoms with Crippen molar-refractivity contribution in [3.8, 4) is 0 Å². The van der Waals surface area contributed by atoms with Crippen molar-refractivity contribution in [2.24, 2.45) is 0 Å². The number of aryl methyl sites for hydroxylation is 2. The smallest absolute Gasteiger partial charge is 0.173 e. The predicted octanol–water partition coefficient (Wildman–Crippen LogP) is 5.04. The van der Waals surface area contributed by atoms with Crippen LogP contribution in [0.2, 0.25) is 5.02 Å². The fourth-order valence-corrected chi connectivity index (χ4v) is 3.25. The van der Waals surface area contributed by atoms with E-state index in [0.717, 1.165) is 47.3 Å². The molecule has 0 saturated heterocycles. The minimum absolute atomic E-state index is 0.614. The Labute approximate surface area is 170 Å². The average molecular weight is 403 g/mol. The van der Waals surface area contributed by atoms with Crippen LogP contribution < -0.4 is 5.32 Å². The second kappa shape index (κ2) is 9.06. The molecule has 0 aliphatic heterocycles. The molecule has 1 aromatic carbocycles. The first-order chi connectivity index (χ1) is 13.0. The minimum atomic E-state index is 0.614. The number of hydrogen-bond acceptors (Lipinski definition) is 3. The van der Waals surface area contributed by atoms with Crippen LogP contribution in [-0.4, -0.2) is 26.1 Å². The van der Waals surface area contributed by atoms with Crippen LogP contribution in [0.25, 0.3) is 0 Å². The van der Waals surface area contributed by atoms with Crippen LogP contribution in [0.15, 0.2) is 53.5 Å². The lowest BCUT2D eigenvalue weighted by Gasteiger charge is -2.26. The van der Waals surface area contributed by atoms with Gasteiger partial charge in [-0.1, -0.05) is 17.7 Å². The molecule has 0 aliphatic rings. The number of nitrogens with one attached hydrogen (secondary N) is 1. The predicted molar refractivity (Wildman–Crippen MR) is 113 cm³/mol. The maximum absolute atomic E-state index is 6.23. The van der Waals surface area contributed by atoms with Gasteiger partial charge in [-0.25, -0.2) is 4.98 Å². The molecular formula is C20H23ClN4OS. The lowest BCUT2D eigenvalue weighted by molar-refractivity contribution is 0.348. The van der Waals surface area contributed by atoms with Crippen molar-refractivity contribution < 1.29 is 4.42 Å². The van der Waals surface area contributed by atoms with Gasteiger partial charge in [0.15, 0.2) is 5.11 Å². The summed E-state index contributed by atoms with van der Waals surface area (Å²) in [4.78, 5) is 6.20. The summed E-state index contributed by atoms with van der Waals surface area (Å²) in [7, 11) is 0. The summed E-state index contributed by atoms with van der Waals surface area (Å²) in [6.07, 6.45) is 6.52. The molecule has 0 fully saturated rings. The summed E-state index contributed by atoms with van der Waals surface area (Å²) in [5.41, 5.74) is 1.90. The van der Waals surface area contributed by atoms with Crippen LogP contribution >= 0.6 is 23.8 Å². The minimum Gasteiger partial charge on any atom is -0.464 e. The molecule has 0 radical (unpaired) electrons. The van der Waals surface area contributed by atoms with Gasteiger partial charge in [0.2, 0.25) is 0 Å². The Kier molecular flexibility index (Phi) is 6.53.